The first-order valence-corrected chi connectivity index (χ1v) is 10.8. The number of carbonyl (C=O) groups is 1. The van der Waals surface area contributed by atoms with Crippen LogP contribution in [0.1, 0.15) is 16.8 Å². The van der Waals surface area contributed by atoms with E-state index >= 15 is 0 Å². The lowest BCUT2D eigenvalue weighted by atomic mass is 10.0. The Morgan fingerprint density at radius 2 is 2.11 bits per heavy atom. The molecule has 1 aliphatic rings. The molecule has 1 saturated heterocycles. The molecule has 3 rings (SSSR count). The van der Waals surface area contributed by atoms with Crippen molar-refractivity contribution in [2.45, 2.75) is 31.3 Å². The molecule has 1 amide bonds. The van der Waals surface area contributed by atoms with Crippen LogP contribution in [0.2, 0.25) is 5.02 Å². The highest BCUT2D eigenvalue weighted by Crippen LogP contribution is 2.28. The summed E-state index contributed by atoms with van der Waals surface area (Å²) >= 11 is 5.77. The number of nitrogens with two attached hydrogens (primary N) is 1. The molecule has 0 radical (unpaired) electrons. The van der Waals surface area contributed by atoms with Crippen LogP contribution >= 0.6 is 11.6 Å². The number of pyridine rings is 1. The molecule has 2 aromatic rings. The fourth-order valence-corrected chi connectivity index (χ4v) is 3.51. The van der Waals surface area contributed by atoms with Crippen molar-refractivity contribution < 1.29 is 36.6 Å². The van der Waals surface area contributed by atoms with Gasteiger partial charge >= 0.3 is 6.36 Å². The molecule has 14 heteroatoms. The molecule has 1 fully saturated rings. The zero-order valence-electron chi connectivity index (χ0n) is 18.5. The average Bonchev–Trinajstić information content (AvgIpc) is 2.78. The van der Waals surface area contributed by atoms with E-state index < -0.39 is 37.2 Å². The number of likely N-dealkylation sites (N-methyl/N-ethyl adjacent to an activating group) is 1. The van der Waals surface area contributed by atoms with Crippen molar-refractivity contribution in [3.63, 3.8) is 0 Å². The number of aromatic nitrogens is 1. The van der Waals surface area contributed by atoms with Gasteiger partial charge in [-0.3, -0.25) is 20.4 Å². The molecule has 35 heavy (non-hydrogen) atoms. The predicted molar refractivity (Wildman–Crippen MR) is 119 cm³/mol. The van der Waals surface area contributed by atoms with Gasteiger partial charge in [0.25, 0.3) is 5.91 Å². The summed E-state index contributed by atoms with van der Waals surface area (Å²) in [7, 11) is 1.71. The summed E-state index contributed by atoms with van der Waals surface area (Å²) in [5.41, 5.74) is 3.65. The Labute approximate surface area is 202 Å². The average molecular weight is 522 g/mol. The normalized spacial score (nSPS) is 20.1. The Morgan fingerprint density at radius 1 is 1.34 bits per heavy atom. The van der Waals surface area contributed by atoms with Crippen molar-refractivity contribution in [2.24, 2.45) is 5.84 Å². The lowest BCUT2D eigenvalue weighted by Crippen LogP contribution is -2.54. The molecule has 5 N–H and O–H groups in total. The number of carbonyl (C=O) groups excluding carboxylic acids is 1. The summed E-state index contributed by atoms with van der Waals surface area (Å²) in [6.07, 6.45) is -2.91. The molecule has 0 saturated carbocycles. The SMILES string of the molecule is CNC[C@H](C/C=C1\C(NN)O[C@H]1OCCOC(F)(F)F)NC(=O)c1cnc2cc(Cl)c(F)cc2c1. The maximum Gasteiger partial charge on any atom is 0.522 e. The smallest absolute Gasteiger partial charge is 0.348 e. The summed E-state index contributed by atoms with van der Waals surface area (Å²) in [5, 5.41) is 6.19. The van der Waals surface area contributed by atoms with E-state index in [1.165, 1.54) is 24.4 Å². The molecule has 3 atom stereocenters. The van der Waals surface area contributed by atoms with Gasteiger partial charge in [-0.1, -0.05) is 17.7 Å². The van der Waals surface area contributed by atoms with Crippen LogP contribution in [0.25, 0.3) is 10.9 Å². The van der Waals surface area contributed by atoms with Crippen molar-refractivity contribution in [2.75, 3.05) is 26.8 Å². The highest BCUT2D eigenvalue weighted by atomic mass is 35.5. The Morgan fingerprint density at radius 3 is 2.80 bits per heavy atom. The molecule has 1 aromatic heterocycles. The largest absolute Gasteiger partial charge is 0.522 e. The van der Waals surface area contributed by atoms with Crippen LogP contribution in [-0.2, 0) is 14.2 Å². The first-order chi connectivity index (χ1) is 16.6. The maximum atomic E-state index is 13.8. The molecule has 0 spiro atoms. The lowest BCUT2D eigenvalue weighted by molar-refractivity contribution is -0.331. The lowest BCUT2D eigenvalue weighted by Gasteiger charge is -2.38. The molecular weight excluding hydrogens is 498 g/mol. The van der Waals surface area contributed by atoms with Gasteiger partial charge in [0.1, 0.15) is 5.82 Å². The monoisotopic (exact) mass is 521 g/mol. The zero-order chi connectivity index (χ0) is 25.6. The van der Waals surface area contributed by atoms with E-state index in [2.05, 4.69) is 25.8 Å². The van der Waals surface area contributed by atoms with Gasteiger partial charge in [0.05, 0.1) is 29.3 Å². The quantitative estimate of drug-likeness (QED) is 0.117. The molecule has 0 bridgehead atoms. The number of ether oxygens (including phenoxy) is 3. The molecule has 1 unspecified atom stereocenters. The zero-order valence-corrected chi connectivity index (χ0v) is 19.3. The Balaban J connectivity index is 1.62. The van der Waals surface area contributed by atoms with E-state index in [9.17, 15) is 22.4 Å². The van der Waals surface area contributed by atoms with E-state index in [0.29, 0.717) is 29.4 Å². The third-order valence-corrected chi connectivity index (χ3v) is 5.30. The van der Waals surface area contributed by atoms with Crippen LogP contribution in [0, 0.1) is 5.82 Å². The van der Waals surface area contributed by atoms with E-state index in [0.717, 1.165) is 0 Å². The number of nitrogens with one attached hydrogen (secondary N) is 3. The van der Waals surface area contributed by atoms with Crippen LogP contribution < -0.4 is 21.9 Å². The van der Waals surface area contributed by atoms with E-state index in [4.69, 9.17) is 26.9 Å². The van der Waals surface area contributed by atoms with Crippen molar-refractivity contribution in [1.29, 1.82) is 0 Å². The summed E-state index contributed by atoms with van der Waals surface area (Å²) < 4.78 is 64.3. The standard InChI is InChI=1S/C21H24ClF4N5O4/c1-28-10-13(2-3-14-19(31-27)35-20(14)33-4-5-34-21(24,25)26)30-18(32)12-6-11-7-16(23)15(22)8-17(11)29-9-12/h3,6-9,13,19-20,28,31H,2,4-5,10,27H2,1H3,(H,30,32)/b14-3+/t13-,19?,20+/m0/s1. The second-order valence-electron chi connectivity index (χ2n) is 7.53. The second-order valence-corrected chi connectivity index (χ2v) is 7.94. The van der Waals surface area contributed by atoms with Gasteiger partial charge in [-0.05, 0) is 31.7 Å². The highest BCUT2D eigenvalue weighted by Gasteiger charge is 2.37. The van der Waals surface area contributed by atoms with Crippen molar-refractivity contribution in [1.82, 2.24) is 21.0 Å². The van der Waals surface area contributed by atoms with Crippen LogP contribution in [0.15, 0.2) is 36.0 Å². The van der Waals surface area contributed by atoms with Gasteiger partial charge in [0, 0.05) is 29.7 Å². The minimum Gasteiger partial charge on any atom is -0.348 e. The van der Waals surface area contributed by atoms with Crippen molar-refractivity contribution >= 4 is 28.4 Å². The number of amides is 1. The number of rotatable bonds is 11. The van der Waals surface area contributed by atoms with Crippen molar-refractivity contribution in [3.05, 3.63) is 52.4 Å². The molecule has 0 aliphatic carbocycles. The maximum absolute atomic E-state index is 13.8. The Kier molecular flexibility index (Phi) is 9.35. The first-order valence-electron chi connectivity index (χ1n) is 10.5. The number of hydrazine groups is 1. The van der Waals surface area contributed by atoms with Gasteiger partial charge < -0.3 is 20.1 Å². The molecular formula is C21H24ClF4N5O4. The number of alkyl halides is 3. The molecule has 1 aliphatic heterocycles. The summed E-state index contributed by atoms with van der Waals surface area (Å²) in [6, 6.07) is 3.70. The third kappa shape index (κ3) is 7.54. The molecule has 9 nitrogen and oxygen atoms in total. The number of hydrogen-bond donors (Lipinski definition) is 4. The second kappa shape index (κ2) is 12.0. The van der Waals surface area contributed by atoms with Gasteiger partial charge in [0.2, 0.25) is 0 Å². The number of halogens is 5. The van der Waals surface area contributed by atoms with Crippen molar-refractivity contribution in [3.8, 4) is 0 Å². The molecule has 192 valence electrons. The number of hydrogen-bond acceptors (Lipinski definition) is 8. The fourth-order valence-electron chi connectivity index (χ4n) is 3.35. The minimum atomic E-state index is -4.75. The van der Waals surface area contributed by atoms with E-state index in [1.807, 2.05) is 0 Å². The first kappa shape index (κ1) is 27.2. The summed E-state index contributed by atoms with van der Waals surface area (Å²) in [6.45, 7) is -0.644. The van der Waals surface area contributed by atoms with Crippen LogP contribution in [0.5, 0.6) is 0 Å². The predicted octanol–water partition coefficient (Wildman–Crippen LogP) is 2.36. The third-order valence-electron chi connectivity index (χ3n) is 5.01. The minimum absolute atomic E-state index is 0.0651. The van der Waals surface area contributed by atoms with E-state index in [1.54, 1.807) is 13.1 Å². The van der Waals surface area contributed by atoms with Crippen LogP contribution in [0.3, 0.4) is 0 Å². The number of nitrogens with zero attached hydrogens (tertiary/aromatic N) is 1. The van der Waals surface area contributed by atoms with Crippen LogP contribution in [0.4, 0.5) is 17.6 Å². The van der Waals surface area contributed by atoms with Gasteiger partial charge in [-0.2, -0.15) is 0 Å². The van der Waals surface area contributed by atoms with Gasteiger partial charge in [-0.25, -0.2) is 9.82 Å². The van der Waals surface area contributed by atoms with Gasteiger partial charge in [-0.15, -0.1) is 13.2 Å². The Hall–Kier alpha value is -2.39. The number of benzene rings is 1. The van der Waals surface area contributed by atoms with Gasteiger partial charge in [0.15, 0.2) is 12.5 Å². The molecule has 2 heterocycles. The highest BCUT2D eigenvalue weighted by molar-refractivity contribution is 6.31. The summed E-state index contributed by atoms with van der Waals surface area (Å²) in [4.78, 5) is 16.9. The number of fused-ring (bicyclic) bond motifs is 1. The van der Waals surface area contributed by atoms with Crippen LogP contribution in [-0.4, -0.2) is 62.6 Å². The molecule has 1 aromatic carbocycles. The summed E-state index contributed by atoms with van der Waals surface area (Å²) in [5.74, 6) is 4.37. The fraction of sp³-hybridized carbons (Fsp3) is 0.429. The Bertz CT molecular complexity index is 1070. The van der Waals surface area contributed by atoms with E-state index in [-0.39, 0.29) is 23.2 Å². The topological polar surface area (TPSA) is 120 Å².